The number of likely N-dealkylation sites (tertiary alicyclic amines) is 1. The van der Waals surface area contributed by atoms with Gasteiger partial charge in [0.25, 0.3) is 0 Å². The molecule has 0 spiro atoms. The number of nitrogens with zero attached hydrogens (tertiary/aromatic N) is 1. The van der Waals surface area contributed by atoms with Crippen molar-refractivity contribution in [3.05, 3.63) is 22.4 Å². The molecule has 1 atom stereocenters. The van der Waals surface area contributed by atoms with Crippen LogP contribution in [-0.2, 0) is 6.42 Å². The summed E-state index contributed by atoms with van der Waals surface area (Å²) in [6, 6.07) is 4.72. The Morgan fingerprint density at radius 3 is 3.13 bits per heavy atom. The number of hydrogen-bond acceptors (Lipinski definition) is 3. The molecule has 84 valence electrons. The molecule has 3 heteroatoms. The largest absolute Gasteiger partial charge is 0.395 e. The average molecular weight is 225 g/mol. The lowest BCUT2D eigenvalue weighted by Gasteiger charge is -2.34. The first-order valence-corrected chi connectivity index (χ1v) is 6.65. The van der Waals surface area contributed by atoms with Crippen LogP contribution in [0.5, 0.6) is 0 Å². The van der Waals surface area contributed by atoms with Crippen molar-refractivity contribution in [2.24, 2.45) is 0 Å². The van der Waals surface area contributed by atoms with Crippen molar-refractivity contribution in [2.45, 2.75) is 31.7 Å². The third kappa shape index (κ3) is 3.03. The van der Waals surface area contributed by atoms with Crippen molar-refractivity contribution in [1.82, 2.24) is 4.90 Å². The highest BCUT2D eigenvalue weighted by atomic mass is 32.1. The summed E-state index contributed by atoms with van der Waals surface area (Å²) in [5.74, 6) is 0. The summed E-state index contributed by atoms with van der Waals surface area (Å²) in [6.07, 6.45) is 4.87. The molecule has 15 heavy (non-hydrogen) atoms. The minimum absolute atomic E-state index is 0.324. The second-order valence-corrected chi connectivity index (χ2v) is 5.23. The highest BCUT2D eigenvalue weighted by Gasteiger charge is 2.20. The average Bonchev–Trinajstić information content (AvgIpc) is 2.79. The zero-order valence-electron chi connectivity index (χ0n) is 9.06. The number of piperidine rings is 1. The Morgan fingerprint density at radius 1 is 1.47 bits per heavy atom. The fourth-order valence-electron chi connectivity index (χ4n) is 2.27. The zero-order chi connectivity index (χ0) is 10.5. The van der Waals surface area contributed by atoms with Crippen LogP contribution in [0.2, 0.25) is 0 Å². The molecule has 0 radical (unpaired) electrons. The summed E-state index contributed by atoms with van der Waals surface area (Å²) in [6.45, 7) is 2.59. The fourth-order valence-corrected chi connectivity index (χ4v) is 2.97. The minimum atomic E-state index is 0.324. The van der Waals surface area contributed by atoms with Gasteiger partial charge < -0.3 is 5.11 Å². The molecule has 1 N–H and O–H groups in total. The number of rotatable bonds is 4. The van der Waals surface area contributed by atoms with E-state index in [2.05, 4.69) is 22.4 Å². The molecule has 1 fully saturated rings. The van der Waals surface area contributed by atoms with Crippen LogP contribution in [0.4, 0.5) is 0 Å². The van der Waals surface area contributed by atoms with E-state index in [4.69, 9.17) is 0 Å². The van der Waals surface area contributed by atoms with Gasteiger partial charge in [0.15, 0.2) is 0 Å². The highest BCUT2D eigenvalue weighted by Crippen LogP contribution is 2.18. The van der Waals surface area contributed by atoms with Crippen molar-refractivity contribution < 1.29 is 5.11 Å². The SMILES string of the molecule is OCC1CCCCN1CCc1cccs1. The molecule has 0 saturated carbocycles. The molecule has 1 saturated heterocycles. The van der Waals surface area contributed by atoms with Gasteiger partial charge in [-0.2, -0.15) is 0 Å². The lowest BCUT2D eigenvalue weighted by atomic mass is 10.0. The molecule has 0 aliphatic carbocycles. The van der Waals surface area contributed by atoms with E-state index < -0.39 is 0 Å². The van der Waals surface area contributed by atoms with Crippen molar-refractivity contribution in [3.63, 3.8) is 0 Å². The maximum atomic E-state index is 9.28. The predicted molar refractivity (Wildman–Crippen MR) is 64.3 cm³/mol. The van der Waals surface area contributed by atoms with E-state index in [0.29, 0.717) is 12.6 Å². The number of aliphatic hydroxyl groups excluding tert-OH is 1. The van der Waals surface area contributed by atoms with E-state index in [1.54, 1.807) is 0 Å². The maximum Gasteiger partial charge on any atom is 0.0586 e. The van der Waals surface area contributed by atoms with Crippen molar-refractivity contribution in [1.29, 1.82) is 0 Å². The number of aliphatic hydroxyl groups is 1. The van der Waals surface area contributed by atoms with E-state index in [1.165, 1.54) is 24.1 Å². The van der Waals surface area contributed by atoms with Gasteiger partial charge >= 0.3 is 0 Å². The van der Waals surface area contributed by atoms with Crippen LogP contribution >= 0.6 is 11.3 Å². The van der Waals surface area contributed by atoms with Crippen molar-refractivity contribution >= 4 is 11.3 Å². The summed E-state index contributed by atoms with van der Waals surface area (Å²) in [4.78, 5) is 3.90. The molecule has 1 aliphatic heterocycles. The van der Waals surface area contributed by atoms with E-state index >= 15 is 0 Å². The Morgan fingerprint density at radius 2 is 2.40 bits per heavy atom. The molecule has 1 aromatic rings. The predicted octanol–water partition coefficient (Wildman–Crippen LogP) is 2.14. The van der Waals surface area contributed by atoms with Gasteiger partial charge in [-0.15, -0.1) is 11.3 Å². The van der Waals surface area contributed by atoms with E-state index in [9.17, 15) is 5.11 Å². The summed E-state index contributed by atoms with van der Waals surface area (Å²) in [5.41, 5.74) is 0. The normalized spacial score (nSPS) is 23.1. The molecule has 0 amide bonds. The van der Waals surface area contributed by atoms with Gasteiger partial charge in [-0.25, -0.2) is 0 Å². The number of hydrogen-bond donors (Lipinski definition) is 1. The Bertz CT molecular complexity index is 273. The van der Waals surface area contributed by atoms with Crippen LogP contribution in [0.15, 0.2) is 17.5 Å². The van der Waals surface area contributed by atoms with Crippen LogP contribution in [-0.4, -0.2) is 35.7 Å². The van der Waals surface area contributed by atoms with E-state index in [1.807, 2.05) is 11.3 Å². The van der Waals surface area contributed by atoms with Gasteiger partial charge in [0.05, 0.1) is 6.61 Å². The molecule has 2 nitrogen and oxygen atoms in total. The Balaban J connectivity index is 1.81. The van der Waals surface area contributed by atoms with Gasteiger partial charge in [-0.1, -0.05) is 12.5 Å². The first kappa shape index (κ1) is 11.1. The first-order valence-electron chi connectivity index (χ1n) is 5.77. The van der Waals surface area contributed by atoms with Gasteiger partial charge in [0, 0.05) is 17.5 Å². The Hall–Kier alpha value is -0.380. The standard InChI is InChI=1S/C12H19NOS/c14-10-11-4-1-2-7-13(11)8-6-12-5-3-9-15-12/h3,5,9,11,14H,1-2,4,6-8,10H2. The van der Waals surface area contributed by atoms with Crippen LogP contribution in [0.1, 0.15) is 24.1 Å². The highest BCUT2D eigenvalue weighted by molar-refractivity contribution is 7.09. The van der Waals surface area contributed by atoms with Crippen molar-refractivity contribution in [3.8, 4) is 0 Å². The molecule has 1 unspecified atom stereocenters. The molecule has 2 rings (SSSR count). The molecule has 1 aromatic heterocycles. The zero-order valence-corrected chi connectivity index (χ0v) is 9.88. The molecular weight excluding hydrogens is 206 g/mol. The maximum absolute atomic E-state index is 9.28. The molecule has 0 aromatic carbocycles. The van der Waals surface area contributed by atoms with Crippen LogP contribution in [0.3, 0.4) is 0 Å². The Labute approximate surface area is 95.5 Å². The van der Waals surface area contributed by atoms with Gasteiger partial charge in [0.1, 0.15) is 0 Å². The monoisotopic (exact) mass is 225 g/mol. The fraction of sp³-hybridized carbons (Fsp3) is 0.667. The number of thiophene rings is 1. The molecule has 2 heterocycles. The molecule has 1 aliphatic rings. The second kappa shape index (κ2) is 5.64. The van der Waals surface area contributed by atoms with Crippen LogP contribution in [0, 0.1) is 0 Å². The van der Waals surface area contributed by atoms with Crippen LogP contribution in [0.25, 0.3) is 0 Å². The van der Waals surface area contributed by atoms with Gasteiger partial charge in [-0.3, -0.25) is 4.90 Å². The quantitative estimate of drug-likeness (QED) is 0.848. The van der Waals surface area contributed by atoms with Gasteiger partial charge in [-0.05, 0) is 37.3 Å². The third-order valence-electron chi connectivity index (χ3n) is 3.19. The topological polar surface area (TPSA) is 23.5 Å². The summed E-state index contributed by atoms with van der Waals surface area (Å²) in [7, 11) is 0. The third-order valence-corrected chi connectivity index (χ3v) is 4.12. The molecular formula is C12H19NOS. The van der Waals surface area contributed by atoms with E-state index in [0.717, 1.165) is 19.5 Å². The lowest BCUT2D eigenvalue weighted by molar-refractivity contribution is 0.0915. The van der Waals surface area contributed by atoms with Crippen LogP contribution < -0.4 is 0 Å². The lowest BCUT2D eigenvalue weighted by Crippen LogP contribution is -2.42. The van der Waals surface area contributed by atoms with Crippen molar-refractivity contribution in [2.75, 3.05) is 19.7 Å². The van der Waals surface area contributed by atoms with Gasteiger partial charge in [0.2, 0.25) is 0 Å². The minimum Gasteiger partial charge on any atom is -0.395 e. The summed E-state index contributed by atoms with van der Waals surface area (Å²) >= 11 is 1.83. The summed E-state index contributed by atoms with van der Waals surface area (Å²) in [5, 5.41) is 11.4. The smallest absolute Gasteiger partial charge is 0.0586 e. The second-order valence-electron chi connectivity index (χ2n) is 4.20. The Kier molecular flexibility index (Phi) is 4.18. The first-order chi connectivity index (χ1) is 7.40. The van der Waals surface area contributed by atoms with E-state index in [-0.39, 0.29) is 0 Å². The molecule has 0 bridgehead atoms. The summed E-state index contributed by atoms with van der Waals surface area (Å²) < 4.78 is 0.